The number of fused-ring (bicyclic) bond motifs is 1. The molecule has 20 heavy (non-hydrogen) atoms. The lowest BCUT2D eigenvalue weighted by atomic mass is 10.2. The van der Waals surface area contributed by atoms with Gasteiger partial charge in [0, 0.05) is 11.9 Å². The highest BCUT2D eigenvalue weighted by Crippen LogP contribution is 2.28. The van der Waals surface area contributed by atoms with Crippen molar-refractivity contribution in [3.8, 4) is 5.75 Å². The Labute approximate surface area is 119 Å². The summed E-state index contributed by atoms with van der Waals surface area (Å²) in [5.74, 6) is 1.66. The van der Waals surface area contributed by atoms with Crippen LogP contribution in [0.15, 0.2) is 41.3 Å². The van der Waals surface area contributed by atoms with E-state index in [1.54, 1.807) is 7.11 Å². The zero-order valence-electron chi connectivity index (χ0n) is 11.9. The predicted molar refractivity (Wildman–Crippen MR) is 80.1 cm³/mol. The fourth-order valence-electron chi connectivity index (χ4n) is 1.96. The number of methoxy groups -OCH3 is 1. The molecule has 0 bridgehead atoms. The molecule has 4 nitrogen and oxygen atoms in total. The van der Waals surface area contributed by atoms with Crippen molar-refractivity contribution < 1.29 is 13.9 Å². The lowest BCUT2D eigenvalue weighted by molar-refractivity contribution is 0.140. The Kier molecular flexibility index (Phi) is 5.65. The Balaban J connectivity index is 1.80. The molecule has 2 rings (SSSR count). The quantitative estimate of drug-likeness (QED) is 0.564. The molecule has 1 aromatic carbocycles. The molecule has 0 aliphatic rings. The van der Waals surface area contributed by atoms with E-state index in [1.807, 2.05) is 30.3 Å². The number of hydrogen-bond donors (Lipinski definition) is 1. The van der Waals surface area contributed by atoms with Crippen LogP contribution in [0.1, 0.15) is 12.2 Å². The number of benzene rings is 1. The van der Waals surface area contributed by atoms with Gasteiger partial charge in [-0.3, -0.25) is 0 Å². The van der Waals surface area contributed by atoms with E-state index < -0.39 is 0 Å². The smallest absolute Gasteiger partial charge is 0.176 e. The largest absolute Gasteiger partial charge is 0.493 e. The highest BCUT2D eigenvalue weighted by molar-refractivity contribution is 5.83. The fraction of sp³-hybridized carbons (Fsp3) is 0.375. The number of para-hydroxylation sites is 1. The van der Waals surface area contributed by atoms with Crippen molar-refractivity contribution in [2.75, 3.05) is 26.9 Å². The molecule has 0 atom stereocenters. The van der Waals surface area contributed by atoms with Gasteiger partial charge in [-0.25, -0.2) is 0 Å². The van der Waals surface area contributed by atoms with Crippen LogP contribution in [0.5, 0.6) is 5.75 Å². The average Bonchev–Trinajstić information content (AvgIpc) is 2.89. The molecule has 0 saturated heterocycles. The molecule has 0 spiro atoms. The van der Waals surface area contributed by atoms with Crippen LogP contribution in [0, 0.1) is 0 Å². The molecule has 0 unspecified atom stereocenters. The van der Waals surface area contributed by atoms with Crippen LogP contribution < -0.4 is 10.1 Å². The maximum absolute atomic E-state index is 5.79. The summed E-state index contributed by atoms with van der Waals surface area (Å²) in [4.78, 5) is 0. The first-order valence-electron chi connectivity index (χ1n) is 6.80. The zero-order valence-corrected chi connectivity index (χ0v) is 11.9. The van der Waals surface area contributed by atoms with Crippen molar-refractivity contribution in [1.29, 1.82) is 0 Å². The Hall–Kier alpha value is -1.78. The third-order valence-electron chi connectivity index (χ3n) is 2.97. The maximum atomic E-state index is 5.79. The average molecular weight is 275 g/mol. The van der Waals surface area contributed by atoms with Gasteiger partial charge in [-0.05, 0) is 18.6 Å². The van der Waals surface area contributed by atoms with Crippen LogP contribution in [-0.4, -0.2) is 26.9 Å². The SMILES string of the molecule is C=CCCOCCNCc1cc2cccc(OC)c2o1. The van der Waals surface area contributed by atoms with Gasteiger partial charge >= 0.3 is 0 Å². The van der Waals surface area contributed by atoms with Gasteiger partial charge < -0.3 is 19.2 Å². The van der Waals surface area contributed by atoms with E-state index in [0.29, 0.717) is 13.2 Å². The van der Waals surface area contributed by atoms with E-state index in [9.17, 15) is 0 Å². The van der Waals surface area contributed by atoms with Gasteiger partial charge in [0.15, 0.2) is 11.3 Å². The first kappa shape index (κ1) is 14.6. The van der Waals surface area contributed by atoms with Gasteiger partial charge in [0.05, 0.1) is 26.9 Å². The molecule has 2 aromatic rings. The molecule has 0 aliphatic heterocycles. The van der Waals surface area contributed by atoms with E-state index in [4.69, 9.17) is 13.9 Å². The van der Waals surface area contributed by atoms with Crippen molar-refractivity contribution in [3.63, 3.8) is 0 Å². The van der Waals surface area contributed by atoms with Gasteiger partial charge in [0.25, 0.3) is 0 Å². The monoisotopic (exact) mass is 275 g/mol. The Bertz CT molecular complexity index is 548. The molecule has 0 amide bonds. The molecule has 0 fully saturated rings. The number of rotatable bonds is 9. The number of hydrogen-bond acceptors (Lipinski definition) is 4. The van der Waals surface area contributed by atoms with E-state index in [0.717, 1.165) is 42.1 Å². The zero-order chi connectivity index (χ0) is 14.2. The van der Waals surface area contributed by atoms with E-state index in [1.165, 1.54) is 0 Å². The van der Waals surface area contributed by atoms with Crippen LogP contribution in [-0.2, 0) is 11.3 Å². The number of nitrogens with one attached hydrogen (secondary N) is 1. The molecule has 0 radical (unpaired) electrons. The highest BCUT2D eigenvalue weighted by Gasteiger charge is 2.07. The van der Waals surface area contributed by atoms with Gasteiger partial charge in [-0.15, -0.1) is 6.58 Å². The van der Waals surface area contributed by atoms with Crippen molar-refractivity contribution in [3.05, 3.63) is 42.7 Å². The molecule has 1 N–H and O–H groups in total. The minimum Gasteiger partial charge on any atom is -0.493 e. The van der Waals surface area contributed by atoms with Crippen molar-refractivity contribution >= 4 is 11.0 Å². The lowest BCUT2D eigenvalue weighted by Gasteiger charge is -2.03. The van der Waals surface area contributed by atoms with Crippen LogP contribution in [0.25, 0.3) is 11.0 Å². The Morgan fingerprint density at radius 1 is 1.35 bits per heavy atom. The van der Waals surface area contributed by atoms with Crippen molar-refractivity contribution in [1.82, 2.24) is 5.32 Å². The summed E-state index contributed by atoms with van der Waals surface area (Å²) >= 11 is 0. The summed E-state index contributed by atoms with van der Waals surface area (Å²) in [7, 11) is 1.65. The van der Waals surface area contributed by atoms with Crippen molar-refractivity contribution in [2.24, 2.45) is 0 Å². The van der Waals surface area contributed by atoms with E-state index in [-0.39, 0.29) is 0 Å². The summed E-state index contributed by atoms with van der Waals surface area (Å²) in [6.45, 7) is 6.55. The second kappa shape index (κ2) is 7.72. The van der Waals surface area contributed by atoms with Crippen molar-refractivity contribution in [2.45, 2.75) is 13.0 Å². The Morgan fingerprint density at radius 2 is 2.25 bits per heavy atom. The second-order valence-corrected chi connectivity index (χ2v) is 4.46. The van der Waals surface area contributed by atoms with Crippen LogP contribution in [0.3, 0.4) is 0 Å². The van der Waals surface area contributed by atoms with Crippen LogP contribution >= 0.6 is 0 Å². The molecular weight excluding hydrogens is 254 g/mol. The normalized spacial score (nSPS) is 10.8. The lowest BCUT2D eigenvalue weighted by Crippen LogP contribution is -2.19. The van der Waals surface area contributed by atoms with E-state index >= 15 is 0 Å². The van der Waals surface area contributed by atoms with E-state index in [2.05, 4.69) is 11.9 Å². The van der Waals surface area contributed by atoms with Crippen LogP contribution in [0.2, 0.25) is 0 Å². The minimum absolute atomic E-state index is 0.683. The summed E-state index contributed by atoms with van der Waals surface area (Å²) in [6, 6.07) is 7.91. The predicted octanol–water partition coefficient (Wildman–Crippen LogP) is 3.12. The number of furan rings is 1. The second-order valence-electron chi connectivity index (χ2n) is 4.46. The van der Waals surface area contributed by atoms with Gasteiger partial charge in [0.2, 0.25) is 0 Å². The topological polar surface area (TPSA) is 43.6 Å². The molecule has 4 heteroatoms. The standard InChI is InChI=1S/C16H21NO3/c1-3-4-9-19-10-8-17-12-14-11-13-6-5-7-15(18-2)16(13)20-14/h3,5-7,11,17H,1,4,8-10,12H2,2H3. The third kappa shape index (κ3) is 3.85. The number of ether oxygens (including phenoxy) is 2. The first-order chi connectivity index (χ1) is 9.85. The van der Waals surface area contributed by atoms with Gasteiger partial charge in [-0.2, -0.15) is 0 Å². The van der Waals surface area contributed by atoms with Gasteiger partial charge in [-0.1, -0.05) is 18.2 Å². The first-order valence-corrected chi connectivity index (χ1v) is 6.80. The summed E-state index contributed by atoms with van der Waals surface area (Å²) in [6.07, 6.45) is 2.75. The summed E-state index contributed by atoms with van der Waals surface area (Å²) in [5.41, 5.74) is 0.800. The van der Waals surface area contributed by atoms with Gasteiger partial charge in [0.1, 0.15) is 5.76 Å². The highest BCUT2D eigenvalue weighted by atomic mass is 16.5. The third-order valence-corrected chi connectivity index (χ3v) is 2.97. The molecule has 0 aliphatic carbocycles. The minimum atomic E-state index is 0.683. The molecule has 1 heterocycles. The van der Waals surface area contributed by atoms with Crippen LogP contribution in [0.4, 0.5) is 0 Å². The molecule has 0 saturated carbocycles. The molecule has 1 aromatic heterocycles. The maximum Gasteiger partial charge on any atom is 0.176 e. The molecule has 108 valence electrons. The summed E-state index contributed by atoms with van der Waals surface area (Å²) in [5, 5.41) is 4.35. The Morgan fingerprint density at radius 3 is 3.05 bits per heavy atom. The fourth-order valence-corrected chi connectivity index (χ4v) is 1.96. The molecular formula is C16H21NO3. The summed E-state index contributed by atoms with van der Waals surface area (Å²) < 4.78 is 16.5.